The van der Waals surface area contributed by atoms with Crippen molar-refractivity contribution in [2.75, 3.05) is 6.54 Å². The number of carboxylic acid groups (broad SMARTS) is 1. The van der Waals surface area contributed by atoms with E-state index in [0.29, 0.717) is 18.4 Å². The van der Waals surface area contributed by atoms with Crippen molar-refractivity contribution in [2.45, 2.75) is 32.7 Å². The molecule has 1 aromatic rings. The first kappa shape index (κ1) is 16.2. The summed E-state index contributed by atoms with van der Waals surface area (Å²) in [5.41, 5.74) is 5.41. The van der Waals surface area contributed by atoms with Gasteiger partial charge in [0.25, 0.3) is 0 Å². The highest BCUT2D eigenvalue weighted by atomic mass is 16.4. The molecule has 1 rings (SSSR count). The predicted octanol–water partition coefficient (Wildman–Crippen LogP) is 0.427. The first-order valence-electron chi connectivity index (χ1n) is 6.62. The Kier molecular flexibility index (Phi) is 5.26. The van der Waals surface area contributed by atoms with Crippen molar-refractivity contribution in [3.63, 3.8) is 0 Å². The Morgan fingerprint density at radius 1 is 1.50 bits per heavy atom. The van der Waals surface area contributed by atoms with E-state index in [1.54, 1.807) is 13.2 Å². The third kappa shape index (κ3) is 3.16. The zero-order valence-electron chi connectivity index (χ0n) is 12.1. The number of carbonyl (C=O) groups excluding carboxylic acids is 1. The van der Waals surface area contributed by atoms with Crippen LogP contribution in [0.4, 0.5) is 0 Å². The number of hydrogen-bond acceptors (Lipinski definition) is 4. The molecular formula is C13H22N4O3. The molecule has 4 N–H and O–H groups in total. The van der Waals surface area contributed by atoms with E-state index in [1.165, 1.54) is 10.9 Å². The number of aliphatic carboxylic acids is 1. The lowest BCUT2D eigenvalue weighted by molar-refractivity contribution is -0.144. The minimum Gasteiger partial charge on any atom is -0.479 e. The highest BCUT2D eigenvalue weighted by Crippen LogP contribution is 2.26. The lowest BCUT2D eigenvalue weighted by atomic mass is 9.81. The first-order chi connectivity index (χ1) is 9.40. The van der Waals surface area contributed by atoms with Crippen molar-refractivity contribution in [1.29, 1.82) is 0 Å². The summed E-state index contributed by atoms with van der Waals surface area (Å²) in [6.45, 7) is 3.93. The number of rotatable bonds is 7. The van der Waals surface area contributed by atoms with E-state index >= 15 is 0 Å². The molecule has 0 spiro atoms. The van der Waals surface area contributed by atoms with Crippen LogP contribution in [0.25, 0.3) is 0 Å². The van der Waals surface area contributed by atoms with E-state index < -0.39 is 17.4 Å². The molecule has 112 valence electrons. The number of carbonyl (C=O) groups is 2. The van der Waals surface area contributed by atoms with Crippen LogP contribution in [0.1, 0.15) is 38.3 Å². The molecule has 0 fully saturated rings. The van der Waals surface area contributed by atoms with E-state index in [9.17, 15) is 14.7 Å². The molecule has 1 unspecified atom stereocenters. The number of nitrogens with zero attached hydrogens (tertiary/aromatic N) is 2. The van der Waals surface area contributed by atoms with Crippen molar-refractivity contribution in [1.82, 2.24) is 15.1 Å². The van der Waals surface area contributed by atoms with Crippen LogP contribution < -0.4 is 11.1 Å². The maximum atomic E-state index is 12.4. The van der Waals surface area contributed by atoms with Gasteiger partial charge in [-0.1, -0.05) is 13.8 Å². The number of aryl methyl sites for hydroxylation is 1. The molecule has 0 radical (unpaired) electrons. The summed E-state index contributed by atoms with van der Waals surface area (Å²) in [4.78, 5) is 23.7. The van der Waals surface area contributed by atoms with Crippen molar-refractivity contribution in [2.24, 2.45) is 18.2 Å². The minimum atomic E-state index is -1.12. The SMILES string of the molecule is CCC(CC)(CN)C(=O)NC(C(=O)O)c1cnn(C)c1. The van der Waals surface area contributed by atoms with Gasteiger partial charge in [-0.3, -0.25) is 9.48 Å². The summed E-state index contributed by atoms with van der Waals surface area (Å²) in [6, 6.07) is -1.11. The lowest BCUT2D eigenvalue weighted by Gasteiger charge is -2.30. The highest BCUT2D eigenvalue weighted by Gasteiger charge is 2.36. The van der Waals surface area contributed by atoms with E-state index in [-0.39, 0.29) is 12.5 Å². The van der Waals surface area contributed by atoms with Crippen molar-refractivity contribution in [3.8, 4) is 0 Å². The second-order valence-electron chi connectivity index (χ2n) is 4.88. The Balaban J connectivity index is 2.97. The van der Waals surface area contributed by atoms with Gasteiger partial charge in [-0.2, -0.15) is 5.10 Å². The van der Waals surface area contributed by atoms with E-state index in [4.69, 9.17) is 5.73 Å². The molecule has 0 saturated carbocycles. The Labute approximate surface area is 118 Å². The van der Waals surface area contributed by atoms with Gasteiger partial charge in [-0.15, -0.1) is 0 Å². The summed E-state index contributed by atoms with van der Waals surface area (Å²) < 4.78 is 1.49. The first-order valence-corrected chi connectivity index (χ1v) is 6.62. The Morgan fingerprint density at radius 3 is 2.45 bits per heavy atom. The molecule has 1 aromatic heterocycles. The zero-order chi connectivity index (χ0) is 15.3. The monoisotopic (exact) mass is 282 g/mol. The second kappa shape index (κ2) is 6.51. The third-order valence-electron chi connectivity index (χ3n) is 3.81. The van der Waals surface area contributed by atoms with Gasteiger partial charge in [-0.05, 0) is 12.8 Å². The van der Waals surface area contributed by atoms with Gasteiger partial charge in [0.15, 0.2) is 6.04 Å². The van der Waals surface area contributed by atoms with Crippen LogP contribution in [0.15, 0.2) is 12.4 Å². The Hall–Kier alpha value is -1.89. The van der Waals surface area contributed by atoms with Crippen molar-refractivity contribution in [3.05, 3.63) is 18.0 Å². The normalized spacial score (nSPS) is 13.0. The topological polar surface area (TPSA) is 110 Å². The number of carboxylic acids is 1. The molecule has 0 bridgehead atoms. The fourth-order valence-electron chi connectivity index (χ4n) is 2.11. The molecule has 0 aliphatic rings. The van der Waals surface area contributed by atoms with Gasteiger partial charge in [0.05, 0.1) is 11.6 Å². The van der Waals surface area contributed by atoms with E-state index in [2.05, 4.69) is 10.4 Å². The lowest BCUT2D eigenvalue weighted by Crippen LogP contribution is -2.47. The third-order valence-corrected chi connectivity index (χ3v) is 3.81. The molecule has 20 heavy (non-hydrogen) atoms. The van der Waals surface area contributed by atoms with Crippen LogP contribution in [0, 0.1) is 5.41 Å². The number of nitrogens with one attached hydrogen (secondary N) is 1. The molecule has 1 atom stereocenters. The number of aromatic nitrogens is 2. The number of nitrogens with two attached hydrogens (primary N) is 1. The van der Waals surface area contributed by atoms with Crippen LogP contribution in [-0.2, 0) is 16.6 Å². The quantitative estimate of drug-likeness (QED) is 0.671. The van der Waals surface area contributed by atoms with Crippen molar-refractivity contribution >= 4 is 11.9 Å². The van der Waals surface area contributed by atoms with E-state index in [0.717, 1.165) is 0 Å². The van der Waals surface area contributed by atoms with Crippen LogP contribution in [0.2, 0.25) is 0 Å². The number of amides is 1. The maximum absolute atomic E-state index is 12.4. The maximum Gasteiger partial charge on any atom is 0.331 e. The summed E-state index contributed by atoms with van der Waals surface area (Å²) in [5, 5.41) is 15.8. The van der Waals surface area contributed by atoms with Gasteiger partial charge >= 0.3 is 5.97 Å². The predicted molar refractivity (Wildman–Crippen MR) is 73.8 cm³/mol. The fraction of sp³-hybridized carbons (Fsp3) is 0.615. The molecular weight excluding hydrogens is 260 g/mol. The summed E-state index contributed by atoms with van der Waals surface area (Å²) in [7, 11) is 1.69. The van der Waals surface area contributed by atoms with E-state index in [1.807, 2.05) is 13.8 Å². The minimum absolute atomic E-state index is 0.186. The van der Waals surface area contributed by atoms with Crippen LogP contribution in [-0.4, -0.2) is 33.3 Å². The standard InChI is InChI=1S/C13H22N4O3/c1-4-13(5-2,8-14)12(20)16-10(11(18)19)9-6-15-17(3)7-9/h6-7,10H,4-5,8,14H2,1-3H3,(H,16,20)(H,18,19). The zero-order valence-corrected chi connectivity index (χ0v) is 12.1. The van der Waals surface area contributed by atoms with Crippen LogP contribution in [0.3, 0.4) is 0 Å². The summed E-state index contributed by atoms with van der Waals surface area (Å²) in [5.74, 6) is -1.45. The smallest absolute Gasteiger partial charge is 0.331 e. The molecule has 7 nitrogen and oxygen atoms in total. The average Bonchev–Trinajstić information content (AvgIpc) is 2.84. The van der Waals surface area contributed by atoms with Gasteiger partial charge in [0.2, 0.25) is 5.91 Å². The summed E-state index contributed by atoms with van der Waals surface area (Å²) in [6.07, 6.45) is 4.12. The van der Waals surface area contributed by atoms with Crippen LogP contribution in [0.5, 0.6) is 0 Å². The molecule has 0 aliphatic carbocycles. The highest BCUT2D eigenvalue weighted by molar-refractivity contribution is 5.88. The molecule has 0 aliphatic heterocycles. The van der Waals surface area contributed by atoms with Crippen molar-refractivity contribution < 1.29 is 14.7 Å². The van der Waals surface area contributed by atoms with Crippen LogP contribution >= 0.6 is 0 Å². The molecule has 0 saturated heterocycles. The molecule has 1 heterocycles. The molecule has 7 heteroatoms. The Morgan fingerprint density at radius 2 is 2.10 bits per heavy atom. The molecule has 0 aromatic carbocycles. The average molecular weight is 282 g/mol. The number of hydrogen-bond donors (Lipinski definition) is 3. The van der Waals surface area contributed by atoms with Gasteiger partial charge in [0, 0.05) is 25.4 Å². The van der Waals surface area contributed by atoms with Gasteiger partial charge in [0.1, 0.15) is 0 Å². The second-order valence-corrected chi connectivity index (χ2v) is 4.88. The summed E-state index contributed by atoms with van der Waals surface area (Å²) >= 11 is 0. The Bertz CT molecular complexity index is 471. The van der Waals surface area contributed by atoms with Gasteiger partial charge in [-0.25, -0.2) is 4.79 Å². The van der Waals surface area contributed by atoms with Gasteiger partial charge < -0.3 is 16.2 Å². The fourth-order valence-corrected chi connectivity index (χ4v) is 2.11. The largest absolute Gasteiger partial charge is 0.479 e. The molecule has 1 amide bonds.